The Bertz CT molecular complexity index is 422. The molecule has 0 unspecified atom stereocenters. The highest BCUT2D eigenvalue weighted by molar-refractivity contribution is 6.32. The van der Waals surface area contributed by atoms with Gasteiger partial charge < -0.3 is 10.5 Å². The number of hydrogen-bond donors (Lipinski definition) is 1. The van der Waals surface area contributed by atoms with Crippen molar-refractivity contribution in [2.24, 2.45) is 11.7 Å². The first-order chi connectivity index (χ1) is 7.90. The highest BCUT2D eigenvalue weighted by atomic mass is 35.5. The first kappa shape index (κ1) is 12.5. The van der Waals surface area contributed by atoms with Crippen LogP contribution in [-0.4, -0.2) is 12.9 Å². The van der Waals surface area contributed by atoms with Gasteiger partial charge in [-0.25, -0.2) is 0 Å². The standard InChI is InChI=1S/C11H11ClF3NO/c12-9-4-6(8-3-7(8)5-16)1-2-10(9)17-11(13,14)15/h1-2,4,7-8H,3,5,16H2/t7-,8-/m0/s1. The molecule has 1 aromatic carbocycles. The Hall–Kier alpha value is -0.940. The lowest BCUT2D eigenvalue weighted by Crippen LogP contribution is -2.17. The number of halogens is 4. The van der Waals surface area contributed by atoms with Gasteiger partial charge in [0.1, 0.15) is 5.75 Å². The minimum absolute atomic E-state index is 0.0255. The van der Waals surface area contributed by atoms with Gasteiger partial charge in [-0.3, -0.25) is 0 Å². The number of ether oxygens (including phenoxy) is 1. The molecule has 1 aliphatic carbocycles. The smallest absolute Gasteiger partial charge is 0.404 e. The van der Waals surface area contributed by atoms with E-state index in [1.54, 1.807) is 6.07 Å². The molecule has 0 radical (unpaired) electrons. The zero-order valence-electron chi connectivity index (χ0n) is 8.80. The van der Waals surface area contributed by atoms with Crippen LogP contribution >= 0.6 is 11.6 Å². The summed E-state index contributed by atoms with van der Waals surface area (Å²) in [5.41, 5.74) is 6.42. The van der Waals surface area contributed by atoms with Gasteiger partial charge in [0.2, 0.25) is 0 Å². The molecule has 2 nitrogen and oxygen atoms in total. The van der Waals surface area contributed by atoms with Crippen molar-refractivity contribution in [1.29, 1.82) is 0 Å². The third kappa shape index (κ3) is 3.04. The SMILES string of the molecule is NC[C@@H]1C[C@H]1c1ccc(OC(F)(F)F)c(Cl)c1. The van der Waals surface area contributed by atoms with E-state index < -0.39 is 6.36 Å². The average molecular weight is 266 g/mol. The maximum Gasteiger partial charge on any atom is 0.573 e. The van der Waals surface area contributed by atoms with Crippen LogP contribution in [0.4, 0.5) is 13.2 Å². The Balaban J connectivity index is 2.12. The van der Waals surface area contributed by atoms with Crippen LogP contribution in [0, 0.1) is 5.92 Å². The Morgan fingerprint density at radius 1 is 1.41 bits per heavy atom. The quantitative estimate of drug-likeness (QED) is 0.910. The third-order valence-corrected chi connectivity index (χ3v) is 3.13. The summed E-state index contributed by atoms with van der Waals surface area (Å²) in [6.07, 6.45) is -3.75. The third-order valence-electron chi connectivity index (χ3n) is 2.84. The van der Waals surface area contributed by atoms with Gasteiger partial charge in [-0.2, -0.15) is 0 Å². The number of nitrogens with two attached hydrogens (primary N) is 1. The van der Waals surface area contributed by atoms with E-state index in [0.29, 0.717) is 18.4 Å². The van der Waals surface area contributed by atoms with Crippen LogP contribution in [0.1, 0.15) is 17.9 Å². The van der Waals surface area contributed by atoms with Crippen molar-refractivity contribution in [1.82, 2.24) is 0 Å². The maximum absolute atomic E-state index is 12.0. The van der Waals surface area contributed by atoms with Gasteiger partial charge in [-0.1, -0.05) is 17.7 Å². The lowest BCUT2D eigenvalue weighted by atomic mass is 10.1. The Morgan fingerprint density at radius 2 is 2.12 bits per heavy atom. The van der Waals surface area contributed by atoms with Gasteiger partial charge in [0.05, 0.1) is 5.02 Å². The summed E-state index contributed by atoms with van der Waals surface area (Å²) in [4.78, 5) is 0. The fourth-order valence-electron chi connectivity index (χ4n) is 1.87. The molecule has 1 aliphatic rings. The molecule has 2 atom stereocenters. The van der Waals surface area contributed by atoms with E-state index in [4.69, 9.17) is 17.3 Å². The number of rotatable bonds is 3. The minimum Gasteiger partial charge on any atom is -0.404 e. The van der Waals surface area contributed by atoms with Crippen molar-refractivity contribution < 1.29 is 17.9 Å². The van der Waals surface area contributed by atoms with Gasteiger partial charge in [-0.15, -0.1) is 13.2 Å². The summed E-state index contributed by atoms with van der Waals surface area (Å²) in [5, 5.41) is -0.0255. The summed E-state index contributed by atoms with van der Waals surface area (Å²) in [7, 11) is 0. The van der Waals surface area contributed by atoms with Crippen LogP contribution < -0.4 is 10.5 Å². The van der Waals surface area contributed by atoms with Gasteiger partial charge in [-0.05, 0) is 42.5 Å². The van der Waals surface area contributed by atoms with Gasteiger partial charge in [0.25, 0.3) is 0 Å². The first-order valence-electron chi connectivity index (χ1n) is 5.16. The molecular weight excluding hydrogens is 255 g/mol. The summed E-state index contributed by atoms with van der Waals surface area (Å²) in [6.45, 7) is 0.586. The number of hydrogen-bond acceptors (Lipinski definition) is 2. The predicted octanol–water partition coefficient (Wildman–Crippen LogP) is 3.30. The molecule has 0 saturated heterocycles. The van der Waals surface area contributed by atoms with E-state index in [2.05, 4.69) is 4.74 Å². The zero-order chi connectivity index (χ0) is 12.6. The fourth-order valence-corrected chi connectivity index (χ4v) is 2.10. The molecule has 17 heavy (non-hydrogen) atoms. The van der Waals surface area contributed by atoms with Crippen LogP contribution in [0.5, 0.6) is 5.75 Å². The molecule has 94 valence electrons. The second-order valence-corrected chi connectivity index (χ2v) is 4.48. The maximum atomic E-state index is 12.0. The summed E-state index contributed by atoms with van der Waals surface area (Å²) in [6, 6.07) is 4.37. The number of benzene rings is 1. The highest BCUT2D eigenvalue weighted by Crippen LogP contribution is 2.48. The van der Waals surface area contributed by atoms with E-state index in [-0.39, 0.29) is 10.8 Å². The highest BCUT2D eigenvalue weighted by Gasteiger charge is 2.37. The molecule has 0 bridgehead atoms. The summed E-state index contributed by atoms with van der Waals surface area (Å²) in [5.74, 6) is 0.366. The molecule has 1 fully saturated rings. The van der Waals surface area contributed by atoms with Gasteiger partial charge in [0, 0.05) is 0 Å². The number of alkyl halides is 3. The van der Waals surface area contributed by atoms with E-state index in [1.807, 2.05) is 0 Å². The van der Waals surface area contributed by atoms with Gasteiger partial charge in [0.15, 0.2) is 0 Å². The van der Waals surface area contributed by atoms with Crippen molar-refractivity contribution in [3.8, 4) is 5.75 Å². The molecule has 2 N–H and O–H groups in total. The largest absolute Gasteiger partial charge is 0.573 e. The molecular formula is C11H11ClF3NO. The second-order valence-electron chi connectivity index (χ2n) is 4.08. The van der Waals surface area contributed by atoms with Crippen molar-refractivity contribution in [3.05, 3.63) is 28.8 Å². The van der Waals surface area contributed by atoms with Crippen LogP contribution in [0.15, 0.2) is 18.2 Å². The zero-order valence-corrected chi connectivity index (χ0v) is 9.55. The lowest BCUT2D eigenvalue weighted by molar-refractivity contribution is -0.274. The molecule has 0 spiro atoms. The molecule has 0 heterocycles. The van der Waals surface area contributed by atoms with Gasteiger partial charge >= 0.3 is 6.36 Å². The van der Waals surface area contributed by atoms with Crippen LogP contribution in [0.2, 0.25) is 5.02 Å². The molecule has 1 aromatic rings. The Labute approximate surface area is 102 Å². The molecule has 0 amide bonds. The molecule has 1 saturated carbocycles. The van der Waals surface area contributed by atoms with E-state index >= 15 is 0 Å². The van der Waals surface area contributed by atoms with Crippen LogP contribution in [-0.2, 0) is 0 Å². The summed E-state index contributed by atoms with van der Waals surface area (Å²) < 4.78 is 39.8. The van der Waals surface area contributed by atoms with Crippen molar-refractivity contribution in [2.75, 3.05) is 6.54 Å². The summed E-state index contributed by atoms with van der Waals surface area (Å²) >= 11 is 5.74. The van der Waals surface area contributed by atoms with E-state index in [1.165, 1.54) is 12.1 Å². The average Bonchev–Trinajstić information content (AvgIpc) is 2.98. The monoisotopic (exact) mass is 265 g/mol. The minimum atomic E-state index is -4.72. The Morgan fingerprint density at radius 3 is 2.59 bits per heavy atom. The lowest BCUT2D eigenvalue weighted by Gasteiger charge is -2.11. The molecule has 6 heteroatoms. The molecule has 0 aliphatic heterocycles. The molecule has 0 aromatic heterocycles. The van der Waals surface area contributed by atoms with E-state index in [9.17, 15) is 13.2 Å². The van der Waals surface area contributed by atoms with Crippen molar-refractivity contribution in [2.45, 2.75) is 18.7 Å². The van der Waals surface area contributed by atoms with Crippen LogP contribution in [0.25, 0.3) is 0 Å². The normalized spacial score (nSPS) is 23.6. The topological polar surface area (TPSA) is 35.2 Å². The fraction of sp³-hybridized carbons (Fsp3) is 0.455. The Kier molecular flexibility index (Phi) is 3.23. The predicted molar refractivity (Wildman–Crippen MR) is 58.0 cm³/mol. The second kappa shape index (κ2) is 4.38. The van der Waals surface area contributed by atoms with Crippen molar-refractivity contribution >= 4 is 11.6 Å². The first-order valence-corrected chi connectivity index (χ1v) is 5.54. The molecule has 2 rings (SSSR count). The van der Waals surface area contributed by atoms with E-state index in [0.717, 1.165) is 12.0 Å². The van der Waals surface area contributed by atoms with Crippen molar-refractivity contribution in [3.63, 3.8) is 0 Å². The van der Waals surface area contributed by atoms with Crippen LogP contribution in [0.3, 0.4) is 0 Å².